The van der Waals surface area contributed by atoms with Gasteiger partial charge in [0.1, 0.15) is 14.1 Å². The molecule has 0 aromatic heterocycles. The molecule has 0 bridgehead atoms. The average Bonchev–Trinajstić information content (AvgIpc) is 2.65. The van der Waals surface area contributed by atoms with Crippen molar-refractivity contribution in [3.8, 4) is 0 Å². The molecule has 1 heterocycles. The van der Waals surface area contributed by atoms with Crippen LogP contribution in [0.4, 0.5) is 0 Å². The molecule has 0 aromatic carbocycles. The van der Waals surface area contributed by atoms with Crippen LogP contribution in [0, 0.1) is 0 Å². The molecule has 0 saturated heterocycles. The monoisotopic (exact) mass is 314 g/mol. The zero-order chi connectivity index (χ0) is 16.1. The molecule has 1 atom stereocenters. The largest absolute Gasteiger partial charge is 0.378 e. The Kier molecular flexibility index (Phi) is 5.61. The maximum absolute atomic E-state index is 4.69. The number of rotatable bonds is 1. The van der Waals surface area contributed by atoms with Crippen molar-refractivity contribution in [2.24, 2.45) is 4.99 Å². The molecule has 1 aliphatic carbocycles. The fourth-order valence-corrected chi connectivity index (χ4v) is 3.15. The molecule has 1 unspecified atom stereocenters. The lowest BCUT2D eigenvalue weighted by Gasteiger charge is -2.16. The minimum Gasteiger partial charge on any atom is -0.378 e. The van der Waals surface area contributed by atoms with Gasteiger partial charge in [0, 0.05) is 43.1 Å². The maximum atomic E-state index is 4.69. The molecular formula is C18H24N3S+. The van der Waals surface area contributed by atoms with E-state index in [9.17, 15) is 0 Å². The van der Waals surface area contributed by atoms with E-state index in [1.165, 1.54) is 21.2 Å². The zero-order valence-corrected chi connectivity index (χ0v) is 14.8. The average molecular weight is 314 g/mol. The summed E-state index contributed by atoms with van der Waals surface area (Å²) < 4.78 is 2.11. The lowest BCUT2D eigenvalue weighted by atomic mass is 10.2. The van der Waals surface area contributed by atoms with Crippen LogP contribution in [0.25, 0.3) is 0 Å². The molecule has 0 saturated carbocycles. The van der Waals surface area contributed by atoms with Gasteiger partial charge in [-0.15, -0.1) is 0 Å². The van der Waals surface area contributed by atoms with Gasteiger partial charge in [-0.1, -0.05) is 23.9 Å². The molecule has 0 radical (unpaired) electrons. The fourth-order valence-electron chi connectivity index (χ4n) is 2.16. The molecule has 4 heteroatoms. The van der Waals surface area contributed by atoms with Crippen LogP contribution in [-0.2, 0) is 0 Å². The third kappa shape index (κ3) is 4.34. The Labute approximate surface area is 137 Å². The summed E-state index contributed by atoms with van der Waals surface area (Å²) in [5.74, 6) is 0. The van der Waals surface area contributed by atoms with E-state index in [1.807, 2.05) is 12.3 Å². The van der Waals surface area contributed by atoms with Crippen molar-refractivity contribution in [3.63, 3.8) is 0 Å². The topological polar surface area (TPSA) is 18.6 Å². The van der Waals surface area contributed by atoms with E-state index in [2.05, 4.69) is 81.0 Å². The Bertz CT molecular complexity index is 639. The highest BCUT2D eigenvalue weighted by Gasteiger charge is 2.16. The van der Waals surface area contributed by atoms with Gasteiger partial charge in [-0.2, -0.15) is 0 Å². The Morgan fingerprint density at radius 1 is 1.18 bits per heavy atom. The zero-order valence-electron chi connectivity index (χ0n) is 13.9. The summed E-state index contributed by atoms with van der Waals surface area (Å²) >= 11 is 1.79. The molecule has 22 heavy (non-hydrogen) atoms. The molecule has 116 valence electrons. The lowest BCUT2D eigenvalue weighted by Crippen LogP contribution is -2.11. The van der Waals surface area contributed by atoms with Crippen LogP contribution < -0.4 is 0 Å². The van der Waals surface area contributed by atoms with Crippen LogP contribution in [-0.4, -0.2) is 55.6 Å². The Hall–Kier alpha value is -1.81. The van der Waals surface area contributed by atoms with Crippen molar-refractivity contribution in [2.45, 2.75) is 13.0 Å². The Morgan fingerprint density at radius 3 is 2.64 bits per heavy atom. The van der Waals surface area contributed by atoms with Gasteiger partial charge in [0.05, 0.1) is 6.04 Å². The number of fused-ring (bicyclic) bond motifs is 1. The van der Waals surface area contributed by atoms with Crippen LogP contribution in [0.15, 0.2) is 63.0 Å². The van der Waals surface area contributed by atoms with Crippen molar-refractivity contribution in [1.29, 1.82) is 0 Å². The fraction of sp³-hybridized carbons (Fsp3) is 0.333. The van der Waals surface area contributed by atoms with Gasteiger partial charge in [-0.3, -0.25) is 4.99 Å². The second kappa shape index (κ2) is 7.45. The second-order valence-corrected chi connectivity index (χ2v) is 7.02. The van der Waals surface area contributed by atoms with E-state index in [0.717, 1.165) is 0 Å². The summed E-state index contributed by atoms with van der Waals surface area (Å²) in [5.41, 5.74) is 2.36. The number of hydrogen-bond acceptors (Lipinski definition) is 3. The van der Waals surface area contributed by atoms with E-state index in [-0.39, 0.29) is 6.04 Å². The van der Waals surface area contributed by atoms with Crippen molar-refractivity contribution in [3.05, 3.63) is 58.0 Å². The molecule has 0 amide bonds. The first kappa shape index (κ1) is 16.6. The molecule has 0 spiro atoms. The van der Waals surface area contributed by atoms with E-state index in [4.69, 9.17) is 4.99 Å². The summed E-state index contributed by atoms with van der Waals surface area (Å²) in [5, 5.41) is 0. The number of likely N-dealkylation sites (N-methyl/N-ethyl adjacent to an activating group) is 1. The lowest BCUT2D eigenvalue weighted by molar-refractivity contribution is -0.462. The van der Waals surface area contributed by atoms with E-state index < -0.39 is 0 Å². The summed E-state index contributed by atoms with van der Waals surface area (Å²) in [6.45, 7) is 2.15. The maximum Gasteiger partial charge on any atom is 0.200 e. The third-order valence-electron chi connectivity index (χ3n) is 3.40. The summed E-state index contributed by atoms with van der Waals surface area (Å²) in [6, 6.07) is 0.0765. The van der Waals surface area contributed by atoms with Gasteiger partial charge >= 0.3 is 0 Å². The van der Waals surface area contributed by atoms with Gasteiger partial charge in [0.15, 0.2) is 5.71 Å². The Balaban J connectivity index is 2.46. The SMILES string of the molecule is C/C1=C\C(=[N+](C)C)/C=C\C=N\C2C=CC=C(N(C)C)C=C2S1. The number of aliphatic imine (C=N–C) groups is 1. The predicted molar refractivity (Wildman–Crippen MR) is 98.9 cm³/mol. The highest BCUT2D eigenvalue weighted by molar-refractivity contribution is 8.06. The minimum atomic E-state index is 0.0765. The molecule has 2 rings (SSSR count). The first-order valence-electron chi connectivity index (χ1n) is 7.35. The molecular weight excluding hydrogens is 290 g/mol. The number of nitrogens with zero attached hydrogens (tertiary/aromatic N) is 3. The Morgan fingerprint density at radius 2 is 1.95 bits per heavy atom. The van der Waals surface area contributed by atoms with Crippen LogP contribution in [0.3, 0.4) is 0 Å². The van der Waals surface area contributed by atoms with Gasteiger partial charge in [-0.05, 0) is 30.1 Å². The normalized spacial score (nSPS) is 26.7. The molecule has 3 nitrogen and oxygen atoms in total. The molecule has 0 aromatic rings. The molecule has 1 aliphatic heterocycles. The van der Waals surface area contributed by atoms with Crippen LogP contribution in [0.2, 0.25) is 0 Å². The molecule has 2 aliphatic rings. The first-order valence-corrected chi connectivity index (χ1v) is 8.16. The van der Waals surface area contributed by atoms with Crippen LogP contribution in [0.5, 0.6) is 0 Å². The van der Waals surface area contributed by atoms with Crippen molar-refractivity contribution >= 4 is 23.7 Å². The third-order valence-corrected chi connectivity index (χ3v) is 4.44. The predicted octanol–water partition coefficient (Wildman–Crippen LogP) is 3.24. The summed E-state index contributed by atoms with van der Waals surface area (Å²) in [7, 11) is 8.24. The first-order chi connectivity index (χ1) is 10.5. The number of allylic oxidation sites excluding steroid dienone is 7. The van der Waals surface area contributed by atoms with Crippen molar-refractivity contribution in [1.82, 2.24) is 4.90 Å². The van der Waals surface area contributed by atoms with Gasteiger partial charge in [-0.25, -0.2) is 4.58 Å². The van der Waals surface area contributed by atoms with E-state index >= 15 is 0 Å². The summed E-state index contributed by atoms with van der Waals surface area (Å²) in [6.07, 6.45) is 16.8. The minimum absolute atomic E-state index is 0.0765. The van der Waals surface area contributed by atoms with E-state index in [0.29, 0.717) is 0 Å². The van der Waals surface area contributed by atoms with Crippen molar-refractivity contribution in [2.75, 3.05) is 28.2 Å². The molecule has 0 fully saturated rings. The van der Waals surface area contributed by atoms with Gasteiger partial charge in [0.25, 0.3) is 0 Å². The van der Waals surface area contributed by atoms with Crippen molar-refractivity contribution < 1.29 is 4.58 Å². The van der Waals surface area contributed by atoms with Gasteiger partial charge < -0.3 is 4.90 Å². The highest BCUT2D eigenvalue weighted by atomic mass is 32.2. The number of thioether (sulfide) groups is 1. The highest BCUT2D eigenvalue weighted by Crippen LogP contribution is 2.32. The smallest absolute Gasteiger partial charge is 0.200 e. The molecule has 0 N–H and O–H groups in total. The van der Waals surface area contributed by atoms with Crippen LogP contribution in [0.1, 0.15) is 6.92 Å². The standard InChI is InChI=1S/C18H24N3S/c1-14-12-15(20(2)3)9-7-11-19-17-10-6-8-16(21(4)5)13-18(17)22-14/h6-13,17H,1-5H3/q+1/b9-7-,14-12+,19-11+. The van der Waals surface area contributed by atoms with Crippen LogP contribution >= 0.6 is 11.8 Å². The quantitative estimate of drug-likeness (QED) is 0.692. The second-order valence-electron chi connectivity index (χ2n) is 5.70. The number of hydrogen-bond donors (Lipinski definition) is 0. The van der Waals surface area contributed by atoms with Gasteiger partial charge in [0.2, 0.25) is 0 Å². The van der Waals surface area contributed by atoms with E-state index in [1.54, 1.807) is 11.8 Å². The summed E-state index contributed by atoms with van der Waals surface area (Å²) in [4.78, 5) is 9.32.